The predicted molar refractivity (Wildman–Crippen MR) is 56.8 cm³/mol. The largest absolute Gasteiger partial charge is 0.298 e. The summed E-state index contributed by atoms with van der Waals surface area (Å²) < 4.78 is 0. The standard InChI is InChI=1S/C12H23N/c1-10(2)13-8-6-4-3-5-7-11-9-12(11)13/h10-12H,3-9H2,1-2H3. The molecule has 76 valence electrons. The quantitative estimate of drug-likeness (QED) is 0.601. The number of fused-ring (bicyclic) bond motifs is 1. The van der Waals surface area contributed by atoms with Crippen LogP contribution in [0.15, 0.2) is 0 Å². The molecule has 0 bridgehead atoms. The van der Waals surface area contributed by atoms with Gasteiger partial charge in [-0.15, -0.1) is 0 Å². The molecule has 2 aliphatic rings. The van der Waals surface area contributed by atoms with Crippen molar-refractivity contribution in [3.8, 4) is 0 Å². The minimum Gasteiger partial charge on any atom is -0.298 e. The van der Waals surface area contributed by atoms with Crippen LogP contribution in [0.5, 0.6) is 0 Å². The molecular weight excluding hydrogens is 158 g/mol. The maximum absolute atomic E-state index is 2.75. The molecule has 1 saturated carbocycles. The van der Waals surface area contributed by atoms with Crippen molar-refractivity contribution in [2.75, 3.05) is 6.54 Å². The molecule has 13 heavy (non-hydrogen) atoms. The second kappa shape index (κ2) is 4.00. The van der Waals surface area contributed by atoms with Crippen LogP contribution in [0, 0.1) is 5.92 Å². The predicted octanol–water partition coefficient (Wildman–Crippen LogP) is 3.05. The summed E-state index contributed by atoms with van der Waals surface area (Å²) in [4.78, 5) is 2.75. The van der Waals surface area contributed by atoms with Gasteiger partial charge in [0.25, 0.3) is 0 Å². The topological polar surface area (TPSA) is 3.24 Å². The minimum atomic E-state index is 0.771. The van der Waals surface area contributed by atoms with Crippen LogP contribution in [0.3, 0.4) is 0 Å². The molecule has 1 heterocycles. The highest BCUT2D eigenvalue weighted by atomic mass is 15.2. The van der Waals surface area contributed by atoms with Gasteiger partial charge in [0.05, 0.1) is 0 Å². The molecular formula is C12H23N. The van der Waals surface area contributed by atoms with E-state index in [1.807, 2.05) is 0 Å². The van der Waals surface area contributed by atoms with Crippen molar-refractivity contribution < 1.29 is 0 Å². The minimum absolute atomic E-state index is 0.771. The molecule has 0 aromatic heterocycles. The zero-order chi connectivity index (χ0) is 9.26. The van der Waals surface area contributed by atoms with Crippen LogP contribution in [0.25, 0.3) is 0 Å². The maximum atomic E-state index is 2.75. The van der Waals surface area contributed by atoms with Crippen molar-refractivity contribution in [2.45, 2.75) is 64.5 Å². The fourth-order valence-electron chi connectivity index (χ4n) is 2.81. The SMILES string of the molecule is CC(C)N1CCCCCCC2CC21. The Bertz CT molecular complexity index is 165. The van der Waals surface area contributed by atoms with Crippen molar-refractivity contribution in [3.63, 3.8) is 0 Å². The second-order valence-electron chi connectivity index (χ2n) is 5.10. The molecule has 2 rings (SSSR count). The van der Waals surface area contributed by atoms with E-state index in [9.17, 15) is 0 Å². The summed E-state index contributed by atoms with van der Waals surface area (Å²) in [7, 11) is 0. The average Bonchev–Trinajstić information content (AvgIpc) is 2.81. The molecule has 1 saturated heterocycles. The first-order valence-corrected chi connectivity index (χ1v) is 6.05. The zero-order valence-corrected chi connectivity index (χ0v) is 9.13. The Labute approximate surface area is 82.5 Å². The summed E-state index contributed by atoms with van der Waals surface area (Å²) >= 11 is 0. The molecule has 1 aliphatic heterocycles. The van der Waals surface area contributed by atoms with E-state index in [2.05, 4.69) is 18.7 Å². The van der Waals surface area contributed by atoms with Crippen LogP contribution in [0.1, 0.15) is 52.4 Å². The van der Waals surface area contributed by atoms with Gasteiger partial charge in [-0.05, 0) is 45.6 Å². The van der Waals surface area contributed by atoms with Gasteiger partial charge in [-0.25, -0.2) is 0 Å². The molecule has 1 heteroatoms. The molecule has 2 unspecified atom stereocenters. The van der Waals surface area contributed by atoms with Gasteiger partial charge in [0.2, 0.25) is 0 Å². The Morgan fingerprint density at radius 3 is 2.62 bits per heavy atom. The lowest BCUT2D eigenvalue weighted by molar-refractivity contribution is 0.200. The lowest BCUT2D eigenvalue weighted by atomic mass is 10.1. The van der Waals surface area contributed by atoms with Crippen molar-refractivity contribution in [1.29, 1.82) is 0 Å². The van der Waals surface area contributed by atoms with Gasteiger partial charge in [0.1, 0.15) is 0 Å². The van der Waals surface area contributed by atoms with Crippen molar-refractivity contribution in [2.24, 2.45) is 5.92 Å². The summed E-state index contributed by atoms with van der Waals surface area (Å²) in [6, 6.07) is 1.74. The average molecular weight is 181 g/mol. The summed E-state index contributed by atoms with van der Waals surface area (Å²) in [6.07, 6.45) is 8.87. The highest BCUT2D eigenvalue weighted by Crippen LogP contribution is 2.41. The highest BCUT2D eigenvalue weighted by molar-refractivity contribution is 4.96. The van der Waals surface area contributed by atoms with Crippen molar-refractivity contribution in [3.05, 3.63) is 0 Å². The van der Waals surface area contributed by atoms with E-state index < -0.39 is 0 Å². The van der Waals surface area contributed by atoms with Gasteiger partial charge in [-0.2, -0.15) is 0 Å². The van der Waals surface area contributed by atoms with Crippen molar-refractivity contribution in [1.82, 2.24) is 4.90 Å². The molecule has 0 amide bonds. The molecule has 0 spiro atoms. The molecule has 2 atom stereocenters. The van der Waals surface area contributed by atoms with Gasteiger partial charge in [-0.1, -0.05) is 19.3 Å². The Morgan fingerprint density at radius 1 is 1.08 bits per heavy atom. The van der Waals surface area contributed by atoms with Gasteiger partial charge in [0, 0.05) is 12.1 Å². The van der Waals surface area contributed by atoms with E-state index in [0.29, 0.717) is 0 Å². The Balaban J connectivity index is 1.92. The first-order valence-electron chi connectivity index (χ1n) is 6.05. The van der Waals surface area contributed by atoms with Crippen LogP contribution < -0.4 is 0 Å². The van der Waals surface area contributed by atoms with E-state index in [0.717, 1.165) is 18.0 Å². The molecule has 0 aromatic carbocycles. The van der Waals surface area contributed by atoms with Gasteiger partial charge in [0.15, 0.2) is 0 Å². The highest BCUT2D eigenvalue weighted by Gasteiger charge is 2.41. The molecule has 0 radical (unpaired) electrons. The summed E-state index contributed by atoms with van der Waals surface area (Å²) in [6.45, 7) is 6.07. The van der Waals surface area contributed by atoms with Crippen LogP contribution in [0.2, 0.25) is 0 Å². The van der Waals surface area contributed by atoms with Crippen molar-refractivity contribution >= 4 is 0 Å². The third kappa shape index (κ3) is 2.25. The molecule has 1 aliphatic carbocycles. The maximum Gasteiger partial charge on any atom is 0.0130 e. The first kappa shape index (κ1) is 9.51. The summed E-state index contributed by atoms with van der Waals surface area (Å²) in [5.41, 5.74) is 0. The van der Waals surface area contributed by atoms with Gasteiger partial charge in [-0.3, -0.25) is 4.90 Å². The summed E-state index contributed by atoms with van der Waals surface area (Å²) in [5, 5.41) is 0. The smallest absolute Gasteiger partial charge is 0.0130 e. The van der Waals surface area contributed by atoms with Crippen LogP contribution >= 0.6 is 0 Å². The third-order valence-corrected chi connectivity index (χ3v) is 3.72. The van der Waals surface area contributed by atoms with E-state index in [-0.39, 0.29) is 0 Å². The Morgan fingerprint density at radius 2 is 1.85 bits per heavy atom. The van der Waals surface area contributed by atoms with Crippen LogP contribution in [-0.2, 0) is 0 Å². The monoisotopic (exact) mass is 181 g/mol. The molecule has 0 aromatic rings. The number of rotatable bonds is 1. The number of hydrogen-bond donors (Lipinski definition) is 0. The fraction of sp³-hybridized carbons (Fsp3) is 1.00. The van der Waals surface area contributed by atoms with Crippen LogP contribution in [-0.4, -0.2) is 23.5 Å². The first-order chi connectivity index (χ1) is 6.29. The Kier molecular flexibility index (Phi) is 2.92. The van der Waals surface area contributed by atoms with Crippen LogP contribution in [0.4, 0.5) is 0 Å². The van der Waals surface area contributed by atoms with Gasteiger partial charge >= 0.3 is 0 Å². The lowest BCUT2D eigenvalue weighted by Crippen LogP contribution is -2.34. The zero-order valence-electron chi connectivity index (χ0n) is 9.13. The Hall–Kier alpha value is -0.0400. The normalized spacial score (nSPS) is 36.2. The van der Waals surface area contributed by atoms with E-state index in [1.165, 1.54) is 45.1 Å². The van der Waals surface area contributed by atoms with E-state index in [1.54, 1.807) is 0 Å². The lowest BCUT2D eigenvalue weighted by Gasteiger charge is -2.26. The molecule has 1 nitrogen and oxygen atoms in total. The molecule has 0 N–H and O–H groups in total. The van der Waals surface area contributed by atoms with E-state index in [4.69, 9.17) is 0 Å². The third-order valence-electron chi connectivity index (χ3n) is 3.72. The second-order valence-corrected chi connectivity index (χ2v) is 5.10. The van der Waals surface area contributed by atoms with Gasteiger partial charge < -0.3 is 0 Å². The number of hydrogen-bond acceptors (Lipinski definition) is 1. The molecule has 2 fully saturated rings. The number of nitrogens with zero attached hydrogens (tertiary/aromatic N) is 1. The fourth-order valence-corrected chi connectivity index (χ4v) is 2.81. The van der Waals surface area contributed by atoms with E-state index >= 15 is 0 Å². The summed E-state index contributed by atoms with van der Waals surface area (Å²) in [5.74, 6) is 1.07.